The van der Waals surface area contributed by atoms with Gasteiger partial charge in [0.05, 0.1) is 30.2 Å². The Bertz CT molecular complexity index is 2190. The first-order valence-corrected chi connectivity index (χ1v) is 19.4. The first-order chi connectivity index (χ1) is 27.8. The Morgan fingerprint density at radius 1 is 0.948 bits per heavy atom. The second-order valence-corrected chi connectivity index (χ2v) is 15.0. The maximum absolute atomic E-state index is 13.6. The van der Waals surface area contributed by atoms with Crippen LogP contribution < -0.4 is 10.1 Å². The number of benzene rings is 2. The van der Waals surface area contributed by atoms with E-state index in [-0.39, 0.29) is 34.8 Å². The predicted octanol–water partition coefficient (Wildman–Crippen LogP) is 8.75. The number of rotatable bonds is 13. The van der Waals surface area contributed by atoms with Crippen LogP contribution in [-0.2, 0) is 28.7 Å². The number of aromatic nitrogens is 3. The number of allylic oxidation sites excluding steroid dienone is 2. The molecule has 2 aromatic carbocycles. The zero-order valence-electron chi connectivity index (χ0n) is 32.4. The largest absolute Gasteiger partial charge is 0.497 e. The fraction of sp³-hybridized carbons (Fsp3) is 0.386. The summed E-state index contributed by atoms with van der Waals surface area (Å²) in [7, 11) is 1.23. The molecule has 2 aliphatic rings. The van der Waals surface area contributed by atoms with Crippen LogP contribution in [0.5, 0.6) is 5.75 Å². The molecule has 1 unspecified atom stereocenters. The summed E-state index contributed by atoms with van der Waals surface area (Å²) in [4.78, 5) is 52.5. The third-order valence-electron chi connectivity index (χ3n) is 11.3. The third kappa shape index (κ3) is 10.2. The van der Waals surface area contributed by atoms with Gasteiger partial charge < -0.3 is 20.1 Å². The molecule has 1 fully saturated rings. The maximum atomic E-state index is 13.6. The number of nitrogens with zero attached hydrogens (tertiary/aromatic N) is 5. The second-order valence-electron chi connectivity index (χ2n) is 15.0. The maximum Gasteiger partial charge on any atom is 0.416 e. The quantitative estimate of drug-likeness (QED) is 0.135. The minimum atomic E-state index is -4.74. The first kappa shape index (κ1) is 41.5. The molecule has 2 heterocycles. The van der Waals surface area contributed by atoms with Crippen molar-refractivity contribution in [3.63, 3.8) is 0 Å². The SMILES string of the molecule is CC[C@H]1CC[C@H](C2CC=C(c3cnc(-c4ccc(CN(CC(=O)O)C(=O)c5cnc(NC(=O)Cc6ccc(OC)cc6C(F)(F)F)cc5C#N)cc4)nc3)CC2)CC1. The number of halogens is 3. The number of carboxylic acids is 1. The third-order valence-corrected chi connectivity index (χ3v) is 11.3. The number of methoxy groups -OCH3 is 1. The van der Waals surface area contributed by atoms with Crippen LogP contribution in [0.25, 0.3) is 17.0 Å². The van der Waals surface area contributed by atoms with Crippen LogP contribution in [0.4, 0.5) is 19.0 Å². The highest BCUT2D eigenvalue weighted by Crippen LogP contribution is 2.42. The van der Waals surface area contributed by atoms with Gasteiger partial charge in [-0.2, -0.15) is 18.4 Å². The average molecular weight is 795 g/mol. The van der Waals surface area contributed by atoms with Gasteiger partial charge in [0.25, 0.3) is 5.91 Å². The molecule has 14 heteroatoms. The Morgan fingerprint density at radius 2 is 1.67 bits per heavy atom. The van der Waals surface area contributed by atoms with Gasteiger partial charge in [-0.25, -0.2) is 15.0 Å². The van der Waals surface area contributed by atoms with E-state index >= 15 is 0 Å². The molecule has 2 aliphatic carbocycles. The zero-order valence-corrected chi connectivity index (χ0v) is 32.4. The molecule has 2 aromatic heterocycles. The molecule has 0 bridgehead atoms. The lowest BCUT2D eigenvalue weighted by Gasteiger charge is -2.35. The van der Waals surface area contributed by atoms with Crippen LogP contribution in [0.15, 0.2) is 73.2 Å². The molecule has 0 radical (unpaired) electrons. The minimum absolute atomic E-state index is 0.0269. The standard InChI is InChI=1S/C44H45F3N6O5/c1-3-27-4-8-29(9-5-27)30-12-14-31(15-13-30)35-22-50-42(51-23-35)32-10-6-28(7-11-32)25-53(26-41(55)56)43(57)37-24-49-39(18-34(37)21-48)52-40(54)19-33-16-17-36(58-2)20-38(33)44(45,46)47/h6-7,10-11,14,16-18,20,22-24,27,29-30H,3-5,8-9,12-13,15,19,25-26H2,1-2H3,(H,55,56)(H,49,52,54)/t27-,29-,30?. The molecule has 2 amide bonds. The summed E-state index contributed by atoms with van der Waals surface area (Å²) in [6.45, 7) is 1.50. The topological polar surface area (TPSA) is 158 Å². The Morgan fingerprint density at radius 3 is 2.28 bits per heavy atom. The Kier molecular flexibility index (Phi) is 13.2. The number of carbonyl (C=O) groups excluding carboxylic acids is 2. The zero-order chi connectivity index (χ0) is 41.4. The molecule has 1 atom stereocenters. The van der Waals surface area contributed by atoms with Gasteiger partial charge in [-0.1, -0.05) is 62.6 Å². The summed E-state index contributed by atoms with van der Waals surface area (Å²) < 4.78 is 45.8. The van der Waals surface area contributed by atoms with E-state index in [4.69, 9.17) is 4.74 Å². The van der Waals surface area contributed by atoms with Crippen molar-refractivity contribution >= 4 is 29.2 Å². The van der Waals surface area contributed by atoms with E-state index in [1.165, 1.54) is 57.3 Å². The summed E-state index contributed by atoms with van der Waals surface area (Å²) in [5, 5.41) is 21.9. The number of pyridine rings is 1. The van der Waals surface area contributed by atoms with Crippen LogP contribution in [0.2, 0.25) is 0 Å². The molecular formula is C44H45F3N6O5. The molecule has 0 saturated heterocycles. The molecule has 4 aromatic rings. The number of amides is 2. The summed E-state index contributed by atoms with van der Waals surface area (Å²) in [6, 6.07) is 13.2. The number of hydrogen-bond acceptors (Lipinski definition) is 8. The molecule has 1 saturated carbocycles. The summed E-state index contributed by atoms with van der Waals surface area (Å²) in [6.07, 6.45) is 11.7. The van der Waals surface area contributed by atoms with E-state index in [2.05, 4.69) is 33.3 Å². The Balaban J connectivity index is 1.08. The molecule has 302 valence electrons. The van der Waals surface area contributed by atoms with E-state index in [0.29, 0.717) is 11.4 Å². The van der Waals surface area contributed by atoms with Crippen molar-refractivity contribution in [1.82, 2.24) is 19.9 Å². The first-order valence-electron chi connectivity index (χ1n) is 19.4. The highest BCUT2D eigenvalue weighted by atomic mass is 19.4. The van der Waals surface area contributed by atoms with Gasteiger partial charge in [0, 0.05) is 36.3 Å². The summed E-state index contributed by atoms with van der Waals surface area (Å²) in [5.74, 6) is -0.125. The molecule has 0 aliphatic heterocycles. The van der Waals surface area contributed by atoms with E-state index in [9.17, 15) is 37.9 Å². The van der Waals surface area contributed by atoms with Crippen molar-refractivity contribution < 1.29 is 37.4 Å². The van der Waals surface area contributed by atoms with Crippen LogP contribution in [-0.4, -0.2) is 56.4 Å². The van der Waals surface area contributed by atoms with Crippen LogP contribution in [0.3, 0.4) is 0 Å². The molecule has 58 heavy (non-hydrogen) atoms. The van der Waals surface area contributed by atoms with Gasteiger partial charge in [-0.3, -0.25) is 14.4 Å². The van der Waals surface area contributed by atoms with Gasteiger partial charge in [-0.05, 0) is 84.8 Å². The molecule has 11 nitrogen and oxygen atoms in total. The predicted molar refractivity (Wildman–Crippen MR) is 210 cm³/mol. The number of alkyl halides is 3. The average Bonchev–Trinajstić information content (AvgIpc) is 3.23. The van der Waals surface area contributed by atoms with Crippen LogP contribution >= 0.6 is 0 Å². The molecule has 6 rings (SSSR count). The highest BCUT2D eigenvalue weighted by Gasteiger charge is 2.34. The van der Waals surface area contributed by atoms with Gasteiger partial charge in [0.15, 0.2) is 5.82 Å². The lowest BCUT2D eigenvalue weighted by molar-refractivity contribution is -0.139. The van der Waals surface area contributed by atoms with Crippen molar-refractivity contribution in [1.29, 1.82) is 5.26 Å². The minimum Gasteiger partial charge on any atom is -0.497 e. The Labute approximate surface area is 335 Å². The van der Waals surface area contributed by atoms with Crippen molar-refractivity contribution in [2.45, 2.75) is 77.4 Å². The number of carboxylic acid groups (broad SMARTS) is 1. The van der Waals surface area contributed by atoms with Gasteiger partial charge in [-0.15, -0.1) is 0 Å². The van der Waals surface area contributed by atoms with Crippen molar-refractivity contribution in [2.24, 2.45) is 17.8 Å². The number of nitriles is 1. The smallest absolute Gasteiger partial charge is 0.416 e. The fourth-order valence-corrected chi connectivity index (χ4v) is 8.02. The highest BCUT2D eigenvalue weighted by molar-refractivity contribution is 5.99. The summed E-state index contributed by atoms with van der Waals surface area (Å²) >= 11 is 0. The molecule has 0 spiro atoms. The summed E-state index contributed by atoms with van der Waals surface area (Å²) in [5.41, 5.74) is 1.86. The van der Waals surface area contributed by atoms with E-state index in [1.54, 1.807) is 24.3 Å². The van der Waals surface area contributed by atoms with E-state index < -0.39 is 42.5 Å². The molecule has 2 N–H and O–H groups in total. The monoisotopic (exact) mass is 794 g/mol. The number of carbonyl (C=O) groups is 3. The lowest BCUT2D eigenvalue weighted by atomic mass is 9.71. The van der Waals surface area contributed by atoms with E-state index in [0.717, 1.165) is 71.0 Å². The van der Waals surface area contributed by atoms with Crippen molar-refractivity contribution in [3.8, 4) is 23.2 Å². The number of nitrogens with one attached hydrogen (secondary N) is 1. The van der Waals surface area contributed by atoms with Crippen LogP contribution in [0, 0.1) is 29.1 Å². The van der Waals surface area contributed by atoms with Gasteiger partial charge in [0.2, 0.25) is 5.91 Å². The van der Waals surface area contributed by atoms with Gasteiger partial charge in [0.1, 0.15) is 24.2 Å². The van der Waals surface area contributed by atoms with E-state index in [1.807, 2.05) is 18.5 Å². The normalized spacial score (nSPS) is 18.1. The lowest BCUT2D eigenvalue weighted by Crippen LogP contribution is -2.35. The molecular weight excluding hydrogens is 750 g/mol. The number of anilines is 1. The van der Waals surface area contributed by atoms with Crippen molar-refractivity contribution in [3.05, 3.63) is 107 Å². The second kappa shape index (κ2) is 18.4. The number of ether oxygens (including phenoxy) is 1. The fourth-order valence-electron chi connectivity index (χ4n) is 8.02. The van der Waals surface area contributed by atoms with Crippen molar-refractivity contribution in [2.75, 3.05) is 19.0 Å². The Hall–Kier alpha value is -6.10. The number of hydrogen-bond donors (Lipinski definition) is 2. The van der Waals surface area contributed by atoms with Crippen LogP contribution in [0.1, 0.15) is 96.5 Å². The van der Waals surface area contributed by atoms with Gasteiger partial charge >= 0.3 is 12.1 Å². The number of aliphatic carboxylic acids is 1.